The van der Waals surface area contributed by atoms with Gasteiger partial charge in [-0.25, -0.2) is 18.0 Å². The third-order valence-electron chi connectivity index (χ3n) is 3.96. The van der Waals surface area contributed by atoms with Crippen molar-refractivity contribution < 1.29 is 32.4 Å². The fraction of sp³-hybridized carbons (Fsp3) is 0.111. The Morgan fingerprint density at radius 3 is 2.59 bits per heavy atom. The third-order valence-corrected chi connectivity index (χ3v) is 5.11. The number of nitro groups is 1. The van der Waals surface area contributed by atoms with E-state index in [0.717, 1.165) is 30.5 Å². The van der Waals surface area contributed by atoms with E-state index >= 15 is 0 Å². The predicted octanol–water partition coefficient (Wildman–Crippen LogP) is 2.17. The van der Waals surface area contributed by atoms with Gasteiger partial charge in [-0.3, -0.25) is 10.1 Å². The van der Waals surface area contributed by atoms with E-state index in [1.54, 1.807) is 0 Å². The molecule has 0 saturated heterocycles. The van der Waals surface area contributed by atoms with Gasteiger partial charge in [0, 0.05) is 35.4 Å². The molecule has 3 aromatic rings. The standard InChI is InChI=1S/C18H13NO9S/c1-29(25,26)16-5-2-10(6-14(16)19(23)24)18(22)27-9-11-7-17(21)28-15-8-12(20)3-4-13(11)15/h2-8,20H,9H2,1H3. The van der Waals surface area contributed by atoms with Crippen molar-refractivity contribution in [1.29, 1.82) is 0 Å². The number of nitrogens with zero attached hydrogens (tertiary/aromatic N) is 1. The maximum Gasteiger partial charge on any atom is 0.338 e. The van der Waals surface area contributed by atoms with E-state index in [4.69, 9.17) is 9.15 Å². The van der Waals surface area contributed by atoms with Crippen LogP contribution in [-0.4, -0.2) is 30.7 Å². The minimum atomic E-state index is -3.87. The molecule has 0 amide bonds. The van der Waals surface area contributed by atoms with E-state index < -0.39 is 36.9 Å². The molecule has 1 aromatic heterocycles. The molecule has 29 heavy (non-hydrogen) atoms. The molecule has 11 heteroatoms. The maximum atomic E-state index is 12.3. The molecule has 3 rings (SSSR count). The summed E-state index contributed by atoms with van der Waals surface area (Å²) in [7, 11) is -3.87. The Morgan fingerprint density at radius 1 is 1.21 bits per heavy atom. The molecule has 0 bridgehead atoms. The Balaban J connectivity index is 1.90. The lowest BCUT2D eigenvalue weighted by Gasteiger charge is -2.08. The summed E-state index contributed by atoms with van der Waals surface area (Å²) in [4.78, 5) is 33.7. The molecular weight excluding hydrogens is 406 g/mol. The number of rotatable bonds is 5. The van der Waals surface area contributed by atoms with Gasteiger partial charge < -0.3 is 14.3 Å². The molecule has 0 atom stereocenters. The van der Waals surface area contributed by atoms with Crippen molar-refractivity contribution in [1.82, 2.24) is 0 Å². The van der Waals surface area contributed by atoms with Gasteiger partial charge >= 0.3 is 11.6 Å². The van der Waals surface area contributed by atoms with Crippen LogP contribution in [0.1, 0.15) is 15.9 Å². The van der Waals surface area contributed by atoms with Crippen molar-refractivity contribution in [3.63, 3.8) is 0 Å². The number of sulfone groups is 1. The third kappa shape index (κ3) is 4.24. The van der Waals surface area contributed by atoms with Crippen LogP contribution in [0.5, 0.6) is 5.75 Å². The first-order valence-electron chi connectivity index (χ1n) is 7.97. The van der Waals surface area contributed by atoms with Gasteiger partial charge in [0.25, 0.3) is 5.69 Å². The number of benzene rings is 2. The summed E-state index contributed by atoms with van der Waals surface area (Å²) in [6.45, 7) is -0.354. The summed E-state index contributed by atoms with van der Waals surface area (Å²) < 4.78 is 33.4. The number of phenols is 1. The Labute approximate surface area is 163 Å². The smallest absolute Gasteiger partial charge is 0.338 e. The Hall–Kier alpha value is -3.73. The number of hydrogen-bond acceptors (Lipinski definition) is 9. The molecule has 1 N–H and O–H groups in total. The van der Waals surface area contributed by atoms with Crippen LogP contribution in [-0.2, 0) is 21.2 Å². The van der Waals surface area contributed by atoms with Gasteiger partial charge in [0.15, 0.2) is 9.84 Å². The number of nitro benzene ring substituents is 1. The lowest BCUT2D eigenvalue weighted by atomic mass is 10.1. The van der Waals surface area contributed by atoms with Crippen LogP contribution in [0.25, 0.3) is 11.0 Å². The summed E-state index contributed by atoms with van der Waals surface area (Å²) in [6, 6.07) is 8.05. The van der Waals surface area contributed by atoms with E-state index in [1.165, 1.54) is 18.2 Å². The average Bonchev–Trinajstić information content (AvgIpc) is 2.64. The number of ether oxygens (including phenoxy) is 1. The van der Waals surface area contributed by atoms with E-state index in [-0.39, 0.29) is 23.5 Å². The van der Waals surface area contributed by atoms with E-state index in [9.17, 15) is 33.2 Å². The summed E-state index contributed by atoms with van der Waals surface area (Å²) in [5.41, 5.74) is -1.30. The second kappa shape index (κ2) is 7.36. The fourth-order valence-electron chi connectivity index (χ4n) is 2.67. The number of hydrogen-bond donors (Lipinski definition) is 1. The second-order valence-corrected chi connectivity index (χ2v) is 8.04. The van der Waals surface area contributed by atoms with Crippen molar-refractivity contribution in [2.45, 2.75) is 11.5 Å². The van der Waals surface area contributed by atoms with Crippen molar-refractivity contribution in [2.75, 3.05) is 6.26 Å². The largest absolute Gasteiger partial charge is 0.508 e. The summed E-state index contributed by atoms with van der Waals surface area (Å²) in [6.07, 6.45) is 0.817. The van der Waals surface area contributed by atoms with Crippen LogP contribution in [0.2, 0.25) is 0 Å². The van der Waals surface area contributed by atoms with Crippen LogP contribution in [0.4, 0.5) is 5.69 Å². The predicted molar refractivity (Wildman–Crippen MR) is 99.5 cm³/mol. The van der Waals surface area contributed by atoms with Crippen LogP contribution in [0, 0.1) is 10.1 Å². The summed E-state index contributed by atoms with van der Waals surface area (Å²) in [5, 5.41) is 21.1. The highest BCUT2D eigenvalue weighted by atomic mass is 32.2. The molecule has 0 aliphatic carbocycles. The van der Waals surface area contributed by atoms with Crippen molar-refractivity contribution in [3.05, 3.63) is 74.1 Å². The van der Waals surface area contributed by atoms with Gasteiger partial charge in [-0.15, -0.1) is 0 Å². The second-order valence-electron chi connectivity index (χ2n) is 6.06. The fourth-order valence-corrected chi connectivity index (χ4v) is 3.49. The molecular formula is C18H13NO9S. The zero-order chi connectivity index (χ0) is 21.3. The van der Waals surface area contributed by atoms with Gasteiger partial charge in [-0.05, 0) is 24.3 Å². The van der Waals surface area contributed by atoms with Gasteiger partial charge in [0.05, 0.1) is 10.5 Å². The van der Waals surface area contributed by atoms with Gasteiger partial charge in [-0.1, -0.05) is 0 Å². The Kier molecular flexibility index (Phi) is 5.08. The molecule has 0 aliphatic heterocycles. The topological polar surface area (TPSA) is 154 Å². The van der Waals surface area contributed by atoms with Crippen molar-refractivity contribution in [2.24, 2.45) is 0 Å². The molecule has 10 nitrogen and oxygen atoms in total. The quantitative estimate of drug-likeness (QED) is 0.283. The first-order chi connectivity index (χ1) is 13.6. The first kappa shape index (κ1) is 20.0. The molecule has 2 aromatic carbocycles. The number of esters is 1. The SMILES string of the molecule is CS(=O)(=O)c1ccc(C(=O)OCc2cc(=O)oc3cc(O)ccc23)cc1[N+](=O)[O-]. The van der Waals surface area contributed by atoms with Crippen LogP contribution >= 0.6 is 0 Å². The average molecular weight is 419 g/mol. The minimum absolute atomic E-state index is 0.0942. The molecule has 0 unspecified atom stereocenters. The number of carbonyl (C=O) groups is 1. The molecule has 0 spiro atoms. The van der Waals surface area contributed by atoms with Crippen LogP contribution < -0.4 is 5.63 Å². The van der Waals surface area contributed by atoms with E-state index in [1.807, 2.05) is 0 Å². The highest BCUT2D eigenvalue weighted by molar-refractivity contribution is 7.90. The van der Waals surface area contributed by atoms with Gasteiger partial charge in [-0.2, -0.15) is 0 Å². The van der Waals surface area contributed by atoms with Crippen LogP contribution in [0.15, 0.2) is 56.6 Å². The van der Waals surface area contributed by atoms with E-state index in [2.05, 4.69) is 0 Å². The van der Waals surface area contributed by atoms with Gasteiger partial charge in [0.1, 0.15) is 22.8 Å². The molecule has 0 aliphatic rings. The summed E-state index contributed by atoms with van der Waals surface area (Å²) >= 11 is 0. The normalized spacial score (nSPS) is 11.3. The highest BCUT2D eigenvalue weighted by Crippen LogP contribution is 2.26. The van der Waals surface area contributed by atoms with Crippen LogP contribution in [0.3, 0.4) is 0 Å². The van der Waals surface area contributed by atoms with E-state index in [0.29, 0.717) is 10.9 Å². The molecule has 1 heterocycles. The zero-order valence-electron chi connectivity index (χ0n) is 14.8. The number of carbonyl (C=O) groups excluding carboxylic acids is 1. The summed E-state index contributed by atoms with van der Waals surface area (Å²) in [5.74, 6) is -1.07. The maximum absolute atomic E-state index is 12.3. The Morgan fingerprint density at radius 2 is 1.93 bits per heavy atom. The molecule has 0 fully saturated rings. The highest BCUT2D eigenvalue weighted by Gasteiger charge is 2.24. The van der Waals surface area contributed by atoms with Crippen molar-refractivity contribution >= 4 is 32.5 Å². The van der Waals surface area contributed by atoms with Crippen molar-refractivity contribution in [3.8, 4) is 5.75 Å². The number of fused-ring (bicyclic) bond motifs is 1. The lowest BCUT2D eigenvalue weighted by molar-refractivity contribution is -0.387. The Bertz CT molecular complexity index is 1310. The lowest BCUT2D eigenvalue weighted by Crippen LogP contribution is -2.10. The zero-order valence-corrected chi connectivity index (χ0v) is 15.6. The monoisotopic (exact) mass is 419 g/mol. The van der Waals surface area contributed by atoms with Gasteiger partial charge in [0.2, 0.25) is 0 Å². The molecule has 0 saturated carbocycles. The number of phenolic OH excluding ortho intramolecular Hbond substituents is 1. The first-order valence-corrected chi connectivity index (χ1v) is 9.87. The minimum Gasteiger partial charge on any atom is -0.508 e. The molecule has 0 radical (unpaired) electrons. The molecule has 150 valence electrons. The number of aromatic hydroxyl groups is 1.